The fraction of sp³-hybridized carbons (Fsp3) is 0.0435. The Morgan fingerprint density at radius 2 is 1.63 bits per heavy atom. The lowest BCUT2D eigenvalue weighted by atomic mass is 10.1. The SMILES string of the molecule is Cc1cccc(C(=O)Nc2ccc(C(=O)/C=C\c3ccccc3Cl)cc2)c1. The fourth-order valence-electron chi connectivity index (χ4n) is 2.58. The van der Waals surface area contributed by atoms with Crippen LogP contribution < -0.4 is 5.32 Å². The molecule has 0 unspecified atom stereocenters. The Morgan fingerprint density at radius 3 is 2.33 bits per heavy atom. The average Bonchev–Trinajstić information content (AvgIpc) is 2.67. The van der Waals surface area contributed by atoms with Gasteiger partial charge in [0, 0.05) is 21.8 Å². The minimum Gasteiger partial charge on any atom is -0.322 e. The van der Waals surface area contributed by atoms with Gasteiger partial charge in [0.2, 0.25) is 0 Å². The van der Waals surface area contributed by atoms with Crippen LogP contribution in [0.3, 0.4) is 0 Å². The van der Waals surface area contributed by atoms with Crippen molar-refractivity contribution in [3.8, 4) is 0 Å². The van der Waals surface area contributed by atoms with Crippen LogP contribution in [0.2, 0.25) is 5.02 Å². The highest BCUT2D eigenvalue weighted by Gasteiger charge is 2.07. The molecule has 0 bridgehead atoms. The molecule has 27 heavy (non-hydrogen) atoms. The Kier molecular flexibility index (Phi) is 5.84. The van der Waals surface area contributed by atoms with E-state index in [9.17, 15) is 9.59 Å². The van der Waals surface area contributed by atoms with Crippen LogP contribution in [-0.2, 0) is 0 Å². The van der Waals surface area contributed by atoms with Crippen LogP contribution in [0.1, 0.15) is 31.8 Å². The molecule has 0 radical (unpaired) electrons. The van der Waals surface area contributed by atoms with Crippen molar-refractivity contribution in [1.82, 2.24) is 0 Å². The Morgan fingerprint density at radius 1 is 0.889 bits per heavy atom. The van der Waals surface area contributed by atoms with Crippen LogP contribution in [-0.4, -0.2) is 11.7 Å². The first-order valence-corrected chi connectivity index (χ1v) is 8.86. The number of hydrogen-bond acceptors (Lipinski definition) is 2. The number of halogens is 1. The van der Waals surface area contributed by atoms with Crippen molar-refractivity contribution < 1.29 is 9.59 Å². The van der Waals surface area contributed by atoms with E-state index in [1.165, 1.54) is 6.08 Å². The summed E-state index contributed by atoms with van der Waals surface area (Å²) in [4.78, 5) is 24.6. The summed E-state index contributed by atoms with van der Waals surface area (Å²) in [6, 6.07) is 21.5. The number of aryl methyl sites for hydroxylation is 1. The normalized spacial score (nSPS) is 10.7. The van der Waals surface area contributed by atoms with Crippen molar-refractivity contribution in [3.63, 3.8) is 0 Å². The predicted octanol–water partition coefficient (Wildman–Crippen LogP) is 5.80. The third kappa shape index (κ3) is 4.93. The lowest BCUT2D eigenvalue weighted by Gasteiger charge is -2.06. The molecule has 3 aromatic carbocycles. The number of carbonyl (C=O) groups excluding carboxylic acids is 2. The zero-order valence-electron chi connectivity index (χ0n) is 14.8. The number of benzene rings is 3. The van der Waals surface area contributed by atoms with Crippen LogP contribution in [0.4, 0.5) is 5.69 Å². The zero-order valence-corrected chi connectivity index (χ0v) is 15.5. The Hall–Kier alpha value is -3.17. The number of nitrogens with one attached hydrogen (secondary N) is 1. The highest BCUT2D eigenvalue weighted by Crippen LogP contribution is 2.17. The molecule has 0 atom stereocenters. The second-order valence-electron chi connectivity index (χ2n) is 6.12. The van der Waals surface area contributed by atoms with E-state index in [-0.39, 0.29) is 11.7 Å². The van der Waals surface area contributed by atoms with Gasteiger partial charge in [-0.05, 0) is 67.1 Å². The number of allylic oxidation sites excluding steroid dienone is 1. The first kappa shape index (κ1) is 18.6. The molecule has 0 heterocycles. The van der Waals surface area contributed by atoms with Gasteiger partial charge < -0.3 is 5.32 Å². The molecule has 0 saturated carbocycles. The summed E-state index contributed by atoms with van der Waals surface area (Å²) in [7, 11) is 0. The van der Waals surface area contributed by atoms with Crippen LogP contribution in [0.5, 0.6) is 0 Å². The van der Waals surface area contributed by atoms with E-state index in [0.29, 0.717) is 21.8 Å². The Balaban J connectivity index is 1.67. The van der Waals surface area contributed by atoms with Gasteiger partial charge in [-0.15, -0.1) is 0 Å². The molecule has 0 saturated heterocycles. The molecule has 1 N–H and O–H groups in total. The fourth-order valence-corrected chi connectivity index (χ4v) is 2.78. The van der Waals surface area contributed by atoms with Crippen molar-refractivity contribution in [1.29, 1.82) is 0 Å². The van der Waals surface area contributed by atoms with Gasteiger partial charge in [0.05, 0.1) is 0 Å². The molecule has 0 aliphatic rings. The summed E-state index contributed by atoms with van der Waals surface area (Å²) >= 11 is 6.08. The standard InChI is InChI=1S/C23H18ClNO2/c1-16-5-4-7-19(15-16)23(27)25-20-12-9-18(10-13-20)22(26)14-11-17-6-2-3-8-21(17)24/h2-15H,1H3,(H,25,27)/b14-11-. The van der Waals surface area contributed by atoms with Crippen LogP contribution in [0.15, 0.2) is 78.9 Å². The highest BCUT2D eigenvalue weighted by molar-refractivity contribution is 6.32. The summed E-state index contributed by atoms with van der Waals surface area (Å²) in [5.74, 6) is -0.317. The number of rotatable bonds is 5. The maximum atomic E-state index is 12.3. The van der Waals surface area contributed by atoms with Crippen LogP contribution in [0, 0.1) is 6.92 Å². The first-order chi connectivity index (χ1) is 13.0. The van der Waals surface area contributed by atoms with Gasteiger partial charge in [-0.2, -0.15) is 0 Å². The lowest BCUT2D eigenvalue weighted by molar-refractivity contribution is 0.102. The zero-order chi connectivity index (χ0) is 19.2. The Bertz CT molecular complexity index is 1010. The molecule has 134 valence electrons. The van der Waals surface area contributed by atoms with Crippen molar-refractivity contribution in [3.05, 3.63) is 106 Å². The van der Waals surface area contributed by atoms with Crippen molar-refractivity contribution in [2.24, 2.45) is 0 Å². The van der Waals surface area contributed by atoms with Gasteiger partial charge >= 0.3 is 0 Å². The molecule has 3 rings (SSSR count). The smallest absolute Gasteiger partial charge is 0.255 e. The molecule has 3 aromatic rings. The van der Waals surface area contributed by atoms with Crippen molar-refractivity contribution in [2.75, 3.05) is 5.32 Å². The van der Waals surface area contributed by atoms with Crippen LogP contribution in [0.25, 0.3) is 6.08 Å². The van der Waals surface area contributed by atoms with Gasteiger partial charge in [0.1, 0.15) is 0 Å². The topological polar surface area (TPSA) is 46.2 Å². The minimum atomic E-state index is -0.184. The van der Waals surface area contributed by atoms with E-state index in [1.54, 1.807) is 42.5 Å². The van der Waals surface area contributed by atoms with E-state index < -0.39 is 0 Å². The van der Waals surface area contributed by atoms with E-state index >= 15 is 0 Å². The largest absolute Gasteiger partial charge is 0.322 e. The summed E-state index contributed by atoms with van der Waals surface area (Å²) in [6.07, 6.45) is 3.18. The molecule has 0 aromatic heterocycles. The van der Waals surface area contributed by atoms with Crippen molar-refractivity contribution in [2.45, 2.75) is 6.92 Å². The van der Waals surface area contributed by atoms with Gasteiger partial charge in [-0.25, -0.2) is 0 Å². The highest BCUT2D eigenvalue weighted by atomic mass is 35.5. The number of hydrogen-bond donors (Lipinski definition) is 1. The van der Waals surface area contributed by atoms with E-state index in [1.807, 2.05) is 43.3 Å². The van der Waals surface area contributed by atoms with E-state index in [4.69, 9.17) is 11.6 Å². The summed E-state index contributed by atoms with van der Waals surface area (Å²) in [5.41, 5.74) is 3.57. The van der Waals surface area contributed by atoms with E-state index in [2.05, 4.69) is 5.32 Å². The van der Waals surface area contributed by atoms with Gasteiger partial charge in [-0.3, -0.25) is 9.59 Å². The second kappa shape index (κ2) is 8.47. The molecular weight excluding hydrogens is 358 g/mol. The predicted molar refractivity (Wildman–Crippen MR) is 110 cm³/mol. The number of amides is 1. The monoisotopic (exact) mass is 375 g/mol. The molecular formula is C23H18ClNO2. The molecule has 4 heteroatoms. The molecule has 0 aliphatic carbocycles. The third-order valence-corrected chi connectivity index (χ3v) is 4.37. The number of ketones is 1. The number of carbonyl (C=O) groups is 2. The molecule has 0 spiro atoms. The maximum Gasteiger partial charge on any atom is 0.255 e. The summed E-state index contributed by atoms with van der Waals surface area (Å²) in [5, 5.41) is 3.42. The van der Waals surface area contributed by atoms with Gasteiger partial charge in [-0.1, -0.05) is 47.5 Å². The number of anilines is 1. The van der Waals surface area contributed by atoms with Gasteiger partial charge in [0.25, 0.3) is 5.91 Å². The average molecular weight is 376 g/mol. The third-order valence-electron chi connectivity index (χ3n) is 4.03. The minimum absolute atomic E-state index is 0.133. The van der Waals surface area contributed by atoms with Crippen LogP contribution >= 0.6 is 11.6 Å². The van der Waals surface area contributed by atoms with E-state index in [0.717, 1.165) is 11.1 Å². The van der Waals surface area contributed by atoms with Crippen molar-refractivity contribution >= 4 is 35.1 Å². The lowest BCUT2D eigenvalue weighted by Crippen LogP contribution is -2.12. The molecule has 0 aliphatic heterocycles. The first-order valence-electron chi connectivity index (χ1n) is 8.48. The molecule has 3 nitrogen and oxygen atoms in total. The molecule has 0 fully saturated rings. The van der Waals surface area contributed by atoms with Gasteiger partial charge in [0.15, 0.2) is 5.78 Å². The Labute approximate surface area is 163 Å². The second-order valence-corrected chi connectivity index (χ2v) is 6.53. The molecule has 1 amide bonds. The maximum absolute atomic E-state index is 12.3. The summed E-state index contributed by atoms with van der Waals surface area (Å²) < 4.78 is 0. The summed E-state index contributed by atoms with van der Waals surface area (Å²) in [6.45, 7) is 1.94. The quantitative estimate of drug-likeness (QED) is 0.452.